The molecule has 8 heavy (non-hydrogen) atoms. The van der Waals surface area contributed by atoms with Crippen molar-refractivity contribution in [1.29, 1.82) is 5.41 Å². The van der Waals surface area contributed by atoms with E-state index in [-0.39, 0.29) is 0 Å². The lowest BCUT2D eigenvalue weighted by atomic mass is 10.4. The van der Waals surface area contributed by atoms with Gasteiger partial charge in [0.15, 0.2) is 0 Å². The van der Waals surface area contributed by atoms with Crippen LogP contribution in [0.3, 0.4) is 0 Å². The van der Waals surface area contributed by atoms with Gasteiger partial charge in [-0.15, -0.1) is 0 Å². The van der Waals surface area contributed by atoms with E-state index in [0.717, 1.165) is 13.0 Å². The van der Waals surface area contributed by atoms with Gasteiger partial charge < -0.3 is 10.1 Å². The number of rotatable bonds is 4. The van der Waals surface area contributed by atoms with Crippen molar-refractivity contribution in [2.45, 2.75) is 20.3 Å². The number of nitrogens with one attached hydrogen (secondary N) is 1. The van der Waals surface area contributed by atoms with Gasteiger partial charge in [0.1, 0.15) is 0 Å². The van der Waals surface area contributed by atoms with E-state index in [1.807, 2.05) is 0 Å². The SMILES string of the molecule is CCCOCC(C)=N. The summed E-state index contributed by atoms with van der Waals surface area (Å²) in [6.07, 6.45) is 1.04. The van der Waals surface area contributed by atoms with Crippen LogP contribution in [0.2, 0.25) is 0 Å². The minimum atomic E-state index is 0.494. The van der Waals surface area contributed by atoms with Crippen LogP contribution in [0.15, 0.2) is 0 Å². The molecule has 2 nitrogen and oxygen atoms in total. The molecule has 0 amide bonds. The Morgan fingerprint density at radius 1 is 1.62 bits per heavy atom. The average molecular weight is 115 g/mol. The fourth-order valence-corrected chi connectivity index (χ4v) is 0.370. The fraction of sp³-hybridized carbons (Fsp3) is 0.833. The van der Waals surface area contributed by atoms with Crippen molar-refractivity contribution in [3.8, 4) is 0 Å². The summed E-state index contributed by atoms with van der Waals surface area (Å²) >= 11 is 0. The maximum Gasteiger partial charge on any atom is 0.0838 e. The Morgan fingerprint density at radius 3 is 2.62 bits per heavy atom. The highest BCUT2D eigenvalue weighted by molar-refractivity contribution is 5.79. The molecule has 0 radical (unpaired) electrons. The molecule has 0 aliphatic rings. The summed E-state index contributed by atoms with van der Waals surface area (Å²) in [6, 6.07) is 0. The second-order valence-corrected chi connectivity index (χ2v) is 1.83. The molecule has 48 valence electrons. The van der Waals surface area contributed by atoms with Crippen molar-refractivity contribution in [3.63, 3.8) is 0 Å². The first-order valence-electron chi connectivity index (χ1n) is 2.89. The van der Waals surface area contributed by atoms with Crippen LogP contribution in [-0.2, 0) is 4.74 Å². The van der Waals surface area contributed by atoms with Crippen LogP contribution in [0.1, 0.15) is 20.3 Å². The van der Waals surface area contributed by atoms with E-state index in [9.17, 15) is 0 Å². The van der Waals surface area contributed by atoms with E-state index in [0.29, 0.717) is 12.3 Å². The fourth-order valence-electron chi connectivity index (χ4n) is 0.370. The molecule has 0 aromatic rings. The predicted molar refractivity (Wildman–Crippen MR) is 34.5 cm³/mol. The van der Waals surface area contributed by atoms with Gasteiger partial charge in [-0.05, 0) is 13.3 Å². The molecule has 2 heteroatoms. The van der Waals surface area contributed by atoms with Crippen LogP contribution in [0, 0.1) is 5.41 Å². The molecule has 0 saturated heterocycles. The van der Waals surface area contributed by atoms with Gasteiger partial charge in [-0.3, -0.25) is 0 Å². The maximum atomic E-state index is 6.95. The number of hydrogen-bond donors (Lipinski definition) is 1. The Kier molecular flexibility index (Phi) is 4.56. The summed E-state index contributed by atoms with van der Waals surface area (Å²) < 4.78 is 5.02. The summed E-state index contributed by atoms with van der Waals surface area (Å²) in [6.45, 7) is 5.07. The Morgan fingerprint density at radius 2 is 2.25 bits per heavy atom. The summed E-state index contributed by atoms with van der Waals surface area (Å²) in [5.41, 5.74) is 0.596. The third-order valence-corrected chi connectivity index (χ3v) is 0.667. The third-order valence-electron chi connectivity index (χ3n) is 0.667. The molecular weight excluding hydrogens is 102 g/mol. The molecule has 0 spiro atoms. The molecule has 0 aliphatic heterocycles. The molecule has 0 aromatic heterocycles. The normalized spacial score (nSPS) is 9.25. The molecule has 0 saturated carbocycles. The topological polar surface area (TPSA) is 33.1 Å². The van der Waals surface area contributed by atoms with Gasteiger partial charge in [0, 0.05) is 12.3 Å². The minimum Gasteiger partial charge on any atom is -0.376 e. The van der Waals surface area contributed by atoms with Gasteiger partial charge in [-0.25, -0.2) is 0 Å². The smallest absolute Gasteiger partial charge is 0.0838 e. The second kappa shape index (κ2) is 4.78. The van der Waals surface area contributed by atoms with Crippen molar-refractivity contribution in [3.05, 3.63) is 0 Å². The van der Waals surface area contributed by atoms with Crippen LogP contribution in [-0.4, -0.2) is 18.9 Å². The van der Waals surface area contributed by atoms with Crippen molar-refractivity contribution in [2.24, 2.45) is 0 Å². The molecular formula is C6H13NO. The van der Waals surface area contributed by atoms with E-state index in [4.69, 9.17) is 10.1 Å². The van der Waals surface area contributed by atoms with Gasteiger partial charge >= 0.3 is 0 Å². The first kappa shape index (κ1) is 7.63. The van der Waals surface area contributed by atoms with Crippen molar-refractivity contribution < 1.29 is 4.74 Å². The minimum absolute atomic E-state index is 0.494. The second-order valence-electron chi connectivity index (χ2n) is 1.83. The van der Waals surface area contributed by atoms with E-state index >= 15 is 0 Å². The zero-order valence-corrected chi connectivity index (χ0v) is 5.53. The lowest BCUT2D eigenvalue weighted by Crippen LogP contribution is -2.03. The molecule has 0 aliphatic carbocycles. The van der Waals surface area contributed by atoms with Crippen LogP contribution in [0.4, 0.5) is 0 Å². The van der Waals surface area contributed by atoms with Crippen LogP contribution in [0.5, 0.6) is 0 Å². The average Bonchev–Trinajstić information content (AvgIpc) is 1.66. The lowest BCUT2D eigenvalue weighted by molar-refractivity contribution is 0.171. The molecule has 0 aromatic carbocycles. The first-order chi connectivity index (χ1) is 3.77. The highest BCUT2D eigenvalue weighted by atomic mass is 16.5. The summed E-state index contributed by atoms with van der Waals surface area (Å²) in [5.74, 6) is 0. The molecule has 0 bridgehead atoms. The standard InChI is InChI=1S/C6H13NO/c1-3-4-8-5-6(2)7/h7H,3-5H2,1-2H3. The van der Waals surface area contributed by atoms with Crippen LogP contribution < -0.4 is 0 Å². The zero-order chi connectivity index (χ0) is 6.41. The van der Waals surface area contributed by atoms with Crippen LogP contribution in [0.25, 0.3) is 0 Å². The van der Waals surface area contributed by atoms with Gasteiger partial charge in [0.2, 0.25) is 0 Å². The van der Waals surface area contributed by atoms with E-state index in [1.165, 1.54) is 0 Å². The highest BCUT2D eigenvalue weighted by Crippen LogP contribution is 1.79. The molecule has 0 unspecified atom stereocenters. The molecule has 0 heterocycles. The molecule has 0 rings (SSSR count). The monoisotopic (exact) mass is 115 g/mol. The van der Waals surface area contributed by atoms with E-state index < -0.39 is 0 Å². The Hall–Kier alpha value is -0.370. The number of ether oxygens (including phenoxy) is 1. The largest absolute Gasteiger partial charge is 0.376 e. The van der Waals surface area contributed by atoms with Gasteiger partial charge in [-0.1, -0.05) is 6.92 Å². The molecule has 0 fully saturated rings. The number of hydrogen-bond acceptors (Lipinski definition) is 2. The lowest BCUT2D eigenvalue weighted by Gasteiger charge is -1.97. The molecule has 0 atom stereocenters. The van der Waals surface area contributed by atoms with E-state index in [2.05, 4.69) is 6.92 Å². The van der Waals surface area contributed by atoms with Crippen molar-refractivity contribution in [2.75, 3.05) is 13.2 Å². The summed E-state index contributed by atoms with van der Waals surface area (Å²) in [4.78, 5) is 0. The maximum absolute atomic E-state index is 6.95. The van der Waals surface area contributed by atoms with Crippen molar-refractivity contribution >= 4 is 5.71 Å². The molecule has 1 N–H and O–H groups in total. The zero-order valence-electron chi connectivity index (χ0n) is 5.53. The third kappa shape index (κ3) is 5.63. The van der Waals surface area contributed by atoms with Crippen LogP contribution >= 0.6 is 0 Å². The Labute approximate surface area is 50.4 Å². The Balaban J connectivity index is 2.82. The van der Waals surface area contributed by atoms with Crippen molar-refractivity contribution in [1.82, 2.24) is 0 Å². The van der Waals surface area contributed by atoms with Gasteiger partial charge in [-0.2, -0.15) is 0 Å². The quantitative estimate of drug-likeness (QED) is 0.436. The van der Waals surface area contributed by atoms with E-state index in [1.54, 1.807) is 6.92 Å². The first-order valence-corrected chi connectivity index (χ1v) is 2.89. The predicted octanol–water partition coefficient (Wildman–Crippen LogP) is 1.45. The summed E-state index contributed by atoms with van der Waals surface area (Å²) in [7, 11) is 0. The highest BCUT2D eigenvalue weighted by Gasteiger charge is 1.84. The Bertz CT molecular complexity index is 70.9. The van der Waals surface area contributed by atoms with Gasteiger partial charge in [0.25, 0.3) is 0 Å². The summed E-state index contributed by atoms with van der Waals surface area (Å²) in [5, 5.41) is 6.95. The van der Waals surface area contributed by atoms with Gasteiger partial charge in [0.05, 0.1) is 6.61 Å².